The van der Waals surface area contributed by atoms with Crippen molar-refractivity contribution in [3.05, 3.63) is 72.5 Å². The van der Waals surface area contributed by atoms with Crippen molar-refractivity contribution in [1.29, 1.82) is 0 Å². The summed E-state index contributed by atoms with van der Waals surface area (Å²) in [5.74, 6) is 2.76. The van der Waals surface area contributed by atoms with Crippen LogP contribution in [0.1, 0.15) is 232 Å². The summed E-state index contributed by atoms with van der Waals surface area (Å²) in [4.78, 5) is 2.41. The molecule has 1 aromatic heterocycles. The van der Waals surface area contributed by atoms with Crippen LogP contribution < -0.4 is 14.2 Å². The first-order valence-electron chi connectivity index (χ1n) is 24.5. The van der Waals surface area contributed by atoms with Gasteiger partial charge in [-0.3, -0.25) is 0 Å². The number of para-hydroxylation sites is 4. The van der Waals surface area contributed by atoms with E-state index in [1.807, 2.05) is 0 Å². The lowest BCUT2D eigenvalue weighted by Crippen LogP contribution is -2.39. The molecule has 1 aliphatic rings. The van der Waals surface area contributed by atoms with Gasteiger partial charge >= 0.3 is 5.89 Å². The van der Waals surface area contributed by atoms with Crippen LogP contribution in [-0.4, -0.2) is 6.04 Å². The first-order chi connectivity index (χ1) is 28.1. The van der Waals surface area contributed by atoms with Gasteiger partial charge in [0.2, 0.25) is 11.5 Å². The van der Waals surface area contributed by atoms with Crippen LogP contribution in [-0.2, 0) is 0 Å². The van der Waals surface area contributed by atoms with E-state index >= 15 is 0 Å². The first kappa shape index (κ1) is 46.7. The second-order valence-electron chi connectivity index (χ2n) is 17.5. The van der Waals surface area contributed by atoms with E-state index in [2.05, 4.69) is 104 Å². The number of fused-ring (bicyclic) bond motifs is 2. The minimum absolute atomic E-state index is 0.367. The molecule has 4 heteroatoms. The summed E-state index contributed by atoms with van der Waals surface area (Å²) < 4.78 is 15.4. The molecule has 0 saturated carbocycles. The van der Waals surface area contributed by atoms with Gasteiger partial charge in [-0.15, -0.1) is 0 Å². The molecule has 2 heterocycles. The molecule has 4 rings (SSSR count). The highest BCUT2D eigenvalue weighted by Gasteiger charge is 2.30. The lowest BCUT2D eigenvalue weighted by molar-refractivity contribution is -0.702. The smallest absolute Gasteiger partial charge is 0.374 e. The van der Waals surface area contributed by atoms with Crippen LogP contribution in [0.4, 0.5) is 5.69 Å². The van der Waals surface area contributed by atoms with Crippen molar-refractivity contribution in [2.45, 2.75) is 232 Å². The van der Waals surface area contributed by atoms with Gasteiger partial charge in [-0.25, -0.2) is 0 Å². The third kappa shape index (κ3) is 17.4. The molecule has 0 amide bonds. The maximum atomic E-state index is 6.47. The van der Waals surface area contributed by atoms with Crippen molar-refractivity contribution in [2.75, 3.05) is 4.90 Å². The monoisotopic (exact) mass is 782 g/mol. The summed E-state index contributed by atoms with van der Waals surface area (Å²) in [6.07, 6.45) is 47.8. The number of nitrogens with zero attached hydrogens (tertiary/aromatic N) is 2. The molecule has 2 aromatic carbocycles. The molecular formula is C53H85N2O2+. The van der Waals surface area contributed by atoms with Crippen LogP contribution in [0.3, 0.4) is 0 Å². The number of allylic oxidation sites excluding steroid dienone is 2. The number of oxazole rings is 1. The molecule has 2 unspecified atom stereocenters. The Hall–Kier alpha value is -3.01. The van der Waals surface area contributed by atoms with E-state index in [-0.39, 0.29) is 0 Å². The number of hydrogen-bond donors (Lipinski definition) is 0. The normalized spacial score (nSPS) is 14.6. The van der Waals surface area contributed by atoms with Gasteiger partial charge in [-0.1, -0.05) is 211 Å². The van der Waals surface area contributed by atoms with E-state index in [9.17, 15) is 0 Å². The first-order valence-corrected chi connectivity index (χ1v) is 24.5. The molecular weight excluding hydrogens is 697 g/mol. The Morgan fingerprint density at radius 1 is 0.544 bits per heavy atom. The predicted molar refractivity (Wildman–Crippen MR) is 247 cm³/mol. The average Bonchev–Trinajstić information content (AvgIpc) is 3.79. The molecule has 1 aliphatic heterocycles. The Balaban J connectivity index is 1.20. The highest BCUT2D eigenvalue weighted by atomic mass is 16.5. The fraction of sp³-hybridized carbons (Fsp3) is 0.679. The number of unbranched alkanes of at least 4 members (excludes halogenated alkanes) is 26. The summed E-state index contributed by atoms with van der Waals surface area (Å²) in [6, 6.07) is 17.7. The zero-order chi connectivity index (χ0) is 40.2. The van der Waals surface area contributed by atoms with Crippen LogP contribution in [0.15, 0.2) is 71.0 Å². The SMILES string of the molecule is CCCCCCCCCCCCCCCCC(C)N1C(=CC=Cc2oc3ccccc3[n+]2C(C)CCCCCCCCCCCCCCCC)Oc2ccccc21. The molecule has 57 heavy (non-hydrogen) atoms. The topological polar surface area (TPSA) is 29.5 Å². The number of hydrogen-bond acceptors (Lipinski definition) is 3. The van der Waals surface area contributed by atoms with E-state index in [1.165, 1.54) is 191 Å². The molecule has 0 saturated heterocycles. The predicted octanol–water partition coefficient (Wildman–Crippen LogP) is 17.2. The molecule has 0 fully saturated rings. The third-order valence-corrected chi connectivity index (χ3v) is 12.5. The van der Waals surface area contributed by atoms with Gasteiger partial charge < -0.3 is 14.1 Å². The quantitative estimate of drug-likeness (QED) is 0.0446. The summed E-state index contributed by atoms with van der Waals surface area (Å²) in [5, 5.41) is 0. The summed E-state index contributed by atoms with van der Waals surface area (Å²) in [5.41, 5.74) is 3.30. The van der Waals surface area contributed by atoms with Crippen molar-refractivity contribution in [3.8, 4) is 5.75 Å². The van der Waals surface area contributed by atoms with Gasteiger partial charge in [0.1, 0.15) is 0 Å². The van der Waals surface area contributed by atoms with E-state index in [0.717, 1.165) is 35.9 Å². The summed E-state index contributed by atoms with van der Waals surface area (Å²) >= 11 is 0. The number of anilines is 1. The van der Waals surface area contributed by atoms with Gasteiger partial charge in [-0.05, 0) is 57.0 Å². The zero-order valence-corrected chi connectivity index (χ0v) is 37.4. The van der Waals surface area contributed by atoms with Crippen LogP contribution in [0.25, 0.3) is 17.2 Å². The van der Waals surface area contributed by atoms with E-state index in [1.54, 1.807) is 0 Å². The Morgan fingerprint density at radius 3 is 1.54 bits per heavy atom. The molecule has 3 aromatic rings. The number of benzene rings is 2. The van der Waals surface area contributed by atoms with Gasteiger partial charge in [0.15, 0.2) is 11.8 Å². The average molecular weight is 782 g/mol. The zero-order valence-electron chi connectivity index (χ0n) is 37.4. The van der Waals surface area contributed by atoms with Crippen molar-refractivity contribution in [3.63, 3.8) is 0 Å². The van der Waals surface area contributed by atoms with Crippen molar-refractivity contribution in [1.82, 2.24) is 0 Å². The lowest BCUT2D eigenvalue weighted by Gasteiger charge is -2.26. The summed E-state index contributed by atoms with van der Waals surface area (Å²) in [6.45, 7) is 9.32. The fourth-order valence-corrected chi connectivity index (χ4v) is 8.92. The second-order valence-corrected chi connectivity index (χ2v) is 17.5. The molecule has 0 aliphatic carbocycles. The fourth-order valence-electron chi connectivity index (χ4n) is 8.92. The number of ether oxygens (including phenoxy) is 1. The Kier molecular flexibility index (Phi) is 23.9. The molecule has 0 spiro atoms. The van der Waals surface area contributed by atoms with Crippen molar-refractivity contribution >= 4 is 22.9 Å². The maximum Gasteiger partial charge on any atom is 0.374 e. The van der Waals surface area contributed by atoms with Gasteiger partial charge in [0, 0.05) is 18.5 Å². The van der Waals surface area contributed by atoms with Crippen LogP contribution in [0.5, 0.6) is 5.75 Å². The molecule has 4 nitrogen and oxygen atoms in total. The Labute approximate surface area is 350 Å². The number of aromatic nitrogens is 1. The highest BCUT2D eigenvalue weighted by molar-refractivity contribution is 5.70. The summed E-state index contributed by atoms with van der Waals surface area (Å²) in [7, 11) is 0. The largest absolute Gasteiger partial charge is 0.439 e. The maximum absolute atomic E-state index is 6.47. The number of rotatable bonds is 34. The van der Waals surface area contributed by atoms with Gasteiger partial charge in [0.05, 0.1) is 11.8 Å². The minimum Gasteiger partial charge on any atom is -0.439 e. The Bertz CT molecular complexity index is 1520. The van der Waals surface area contributed by atoms with Crippen LogP contribution in [0, 0.1) is 0 Å². The van der Waals surface area contributed by atoms with Gasteiger partial charge in [-0.2, -0.15) is 4.57 Å². The third-order valence-electron chi connectivity index (χ3n) is 12.5. The van der Waals surface area contributed by atoms with Crippen molar-refractivity contribution in [2.24, 2.45) is 0 Å². The molecule has 0 N–H and O–H groups in total. The second kappa shape index (κ2) is 29.2. The van der Waals surface area contributed by atoms with Crippen LogP contribution >= 0.6 is 0 Å². The van der Waals surface area contributed by atoms with E-state index in [0.29, 0.717) is 12.1 Å². The standard InChI is InChI=1S/C53H85N2O2/c1-5-7-9-11-13-15-17-19-21-23-25-27-29-31-38-46(3)54-48-40-33-35-42-50(48)56-52(54)44-37-45-53-55(49-41-34-36-43-51(49)57-53)47(4)39-32-30-28-26-24-22-20-18-16-14-12-10-8-6-2/h33-37,40-47H,5-32,38-39H2,1-4H3/q+1. The molecule has 318 valence electrons. The molecule has 0 radical (unpaired) electrons. The van der Waals surface area contributed by atoms with Gasteiger partial charge in [0.25, 0.3) is 5.52 Å². The van der Waals surface area contributed by atoms with E-state index < -0.39 is 0 Å². The van der Waals surface area contributed by atoms with E-state index in [4.69, 9.17) is 9.15 Å². The molecule has 0 bridgehead atoms. The van der Waals surface area contributed by atoms with Crippen molar-refractivity contribution < 1.29 is 13.7 Å². The Morgan fingerprint density at radius 2 is 1.00 bits per heavy atom. The minimum atomic E-state index is 0.367. The highest BCUT2D eigenvalue weighted by Crippen LogP contribution is 2.41. The molecule has 2 atom stereocenters. The van der Waals surface area contributed by atoms with Crippen LogP contribution in [0.2, 0.25) is 0 Å². The lowest BCUT2D eigenvalue weighted by atomic mass is 10.0.